The summed E-state index contributed by atoms with van der Waals surface area (Å²) < 4.78 is 5.56. The summed E-state index contributed by atoms with van der Waals surface area (Å²) in [6.07, 6.45) is 10.3. The van der Waals surface area contributed by atoms with E-state index in [9.17, 15) is 9.59 Å². The average Bonchev–Trinajstić information content (AvgIpc) is 3.61. The molecule has 3 heterocycles. The lowest BCUT2D eigenvalue weighted by atomic mass is 10.0. The fraction of sp³-hybridized carbons (Fsp3) is 0.385. The van der Waals surface area contributed by atoms with Crippen LogP contribution in [0.25, 0.3) is 0 Å². The molecule has 1 aliphatic heterocycles. The molecule has 3 aromatic rings. The lowest BCUT2D eigenvalue weighted by Gasteiger charge is -2.43. The average molecular weight is 490 g/mol. The van der Waals surface area contributed by atoms with Crippen LogP contribution >= 0.6 is 0 Å². The Morgan fingerprint density at radius 3 is 2.75 bits per heavy atom. The van der Waals surface area contributed by atoms with Gasteiger partial charge < -0.3 is 30.2 Å². The number of anilines is 5. The minimum absolute atomic E-state index is 0.0800. The monoisotopic (exact) mass is 489 g/mol. The number of methoxy groups -OCH3 is 1. The molecule has 10 nitrogen and oxygen atoms in total. The summed E-state index contributed by atoms with van der Waals surface area (Å²) in [6, 6.07) is 7.00. The largest absolute Gasteiger partial charge is 0.495 e. The second-order valence-corrected chi connectivity index (χ2v) is 9.16. The summed E-state index contributed by atoms with van der Waals surface area (Å²) in [5, 5.41) is 6.07. The van der Waals surface area contributed by atoms with Crippen LogP contribution in [-0.4, -0.2) is 53.0 Å². The highest BCUT2D eigenvalue weighted by Crippen LogP contribution is 2.40. The quantitative estimate of drug-likeness (QED) is 0.453. The van der Waals surface area contributed by atoms with Gasteiger partial charge in [0.2, 0.25) is 11.9 Å². The zero-order valence-corrected chi connectivity index (χ0v) is 20.7. The van der Waals surface area contributed by atoms with Crippen LogP contribution in [0.4, 0.5) is 28.8 Å². The number of nitrogens with one attached hydrogen (secondary N) is 3. The Bertz CT molecular complexity index is 1250. The Morgan fingerprint density at radius 1 is 1.25 bits per heavy atom. The molecule has 1 aliphatic carbocycles. The third-order valence-corrected chi connectivity index (χ3v) is 6.98. The van der Waals surface area contributed by atoms with Crippen LogP contribution in [-0.2, 0) is 4.79 Å². The van der Waals surface area contributed by atoms with Gasteiger partial charge in [-0.05, 0) is 43.5 Å². The number of aromatic nitrogens is 3. The van der Waals surface area contributed by atoms with Crippen LogP contribution in [0.1, 0.15) is 49.4 Å². The molecule has 10 heteroatoms. The third-order valence-electron chi connectivity index (χ3n) is 6.98. The van der Waals surface area contributed by atoms with Gasteiger partial charge in [-0.25, -0.2) is 4.98 Å². The van der Waals surface area contributed by atoms with E-state index in [2.05, 4.69) is 25.5 Å². The Kier molecular flexibility index (Phi) is 6.49. The number of nitrogens with zero attached hydrogens (tertiary/aromatic N) is 4. The van der Waals surface area contributed by atoms with Crippen molar-refractivity contribution in [3.8, 4) is 5.75 Å². The molecule has 1 saturated carbocycles. The summed E-state index contributed by atoms with van der Waals surface area (Å²) in [5.74, 6) is 1.50. The summed E-state index contributed by atoms with van der Waals surface area (Å²) >= 11 is 0. The second-order valence-electron chi connectivity index (χ2n) is 9.16. The fourth-order valence-electron chi connectivity index (χ4n) is 5.10. The maximum absolute atomic E-state index is 13.1. The molecule has 1 fully saturated rings. The number of likely N-dealkylation sites (N-methyl/N-ethyl adjacent to an activating group) is 1. The SMILES string of the molecule is CC[C@@H]1C(=O)N(C)c2cnc(Nc3ccc(C(=O)Nc4cc[nH]c4)cc3OC)nc2N1C1CCCC1. The van der Waals surface area contributed by atoms with Gasteiger partial charge in [0.05, 0.1) is 24.7 Å². The number of aromatic amines is 1. The van der Waals surface area contributed by atoms with Crippen LogP contribution in [0.15, 0.2) is 42.9 Å². The lowest BCUT2D eigenvalue weighted by Crippen LogP contribution is -2.55. The smallest absolute Gasteiger partial charge is 0.255 e. The van der Waals surface area contributed by atoms with Gasteiger partial charge >= 0.3 is 0 Å². The first kappa shape index (κ1) is 23.7. The van der Waals surface area contributed by atoms with Crippen molar-refractivity contribution in [2.24, 2.45) is 0 Å². The van der Waals surface area contributed by atoms with Crippen LogP contribution in [0.5, 0.6) is 5.75 Å². The van der Waals surface area contributed by atoms with Crippen molar-refractivity contribution in [1.82, 2.24) is 15.0 Å². The molecule has 2 amide bonds. The molecule has 188 valence electrons. The fourth-order valence-corrected chi connectivity index (χ4v) is 5.10. The van der Waals surface area contributed by atoms with Crippen LogP contribution < -0.4 is 25.2 Å². The van der Waals surface area contributed by atoms with E-state index in [-0.39, 0.29) is 17.9 Å². The lowest BCUT2D eigenvalue weighted by molar-refractivity contribution is -0.120. The van der Waals surface area contributed by atoms with Crippen LogP contribution in [0, 0.1) is 0 Å². The molecule has 2 aliphatic rings. The summed E-state index contributed by atoms with van der Waals surface area (Å²) in [4.78, 5) is 41.9. The number of carbonyl (C=O) groups excluding carboxylic acids is 2. The van der Waals surface area contributed by atoms with Crippen LogP contribution in [0.2, 0.25) is 0 Å². The zero-order chi connectivity index (χ0) is 25.2. The van der Waals surface area contributed by atoms with E-state index in [1.165, 1.54) is 0 Å². The highest BCUT2D eigenvalue weighted by Gasteiger charge is 2.41. The first-order chi connectivity index (χ1) is 17.5. The minimum atomic E-state index is -0.241. The first-order valence-electron chi connectivity index (χ1n) is 12.3. The van der Waals surface area contributed by atoms with Gasteiger partial charge in [0, 0.05) is 31.0 Å². The second kappa shape index (κ2) is 9.88. The Hall–Kier alpha value is -4.08. The number of ether oxygens (including phenoxy) is 1. The zero-order valence-electron chi connectivity index (χ0n) is 20.7. The van der Waals surface area contributed by atoms with Crippen molar-refractivity contribution < 1.29 is 14.3 Å². The third kappa shape index (κ3) is 4.34. The maximum atomic E-state index is 13.1. The number of benzene rings is 1. The molecule has 1 aromatic carbocycles. The molecule has 36 heavy (non-hydrogen) atoms. The highest BCUT2D eigenvalue weighted by atomic mass is 16.5. The maximum Gasteiger partial charge on any atom is 0.255 e. The van der Waals surface area contributed by atoms with E-state index in [1.807, 2.05) is 6.92 Å². The van der Waals surface area contributed by atoms with Crippen LogP contribution in [0.3, 0.4) is 0 Å². The molecule has 3 N–H and O–H groups in total. The van der Waals surface area contributed by atoms with E-state index in [1.54, 1.807) is 61.9 Å². The summed E-state index contributed by atoms with van der Waals surface area (Å²) in [7, 11) is 3.34. The molecule has 0 bridgehead atoms. The molecule has 0 unspecified atom stereocenters. The van der Waals surface area contributed by atoms with Gasteiger partial charge in [-0.2, -0.15) is 4.98 Å². The van der Waals surface area contributed by atoms with E-state index >= 15 is 0 Å². The Labute approximate surface area is 210 Å². The first-order valence-corrected chi connectivity index (χ1v) is 12.3. The van der Waals surface area contributed by atoms with Crippen molar-refractivity contribution in [3.05, 3.63) is 48.4 Å². The van der Waals surface area contributed by atoms with Crippen molar-refractivity contribution in [2.75, 3.05) is 34.6 Å². The highest BCUT2D eigenvalue weighted by molar-refractivity contribution is 6.05. The van der Waals surface area contributed by atoms with E-state index < -0.39 is 0 Å². The molecule has 0 spiro atoms. The van der Waals surface area contributed by atoms with Crippen molar-refractivity contribution >= 4 is 40.6 Å². The van der Waals surface area contributed by atoms with Gasteiger partial charge in [0.15, 0.2) is 5.82 Å². The van der Waals surface area contributed by atoms with Crippen molar-refractivity contribution in [3.63, 3.8) is 0 Å². The molecular weight excluding hydrogens is 458 g/mol. The Balaban J connectivity index is 1.43. The normalized spacial score (nSPS) is 17.8. The molecule has 2 aromatic heterocycles. The standard InChI is InChI=1S/C26H31N7O3/c1-4-20-25(35)32(2)21-15-28-26(31-23(21)33(20)18-7-5-6-8-18)30-19-10-9-16(13-22(19)36-3)24(34)29-17-11-12-27-14-17/h9-15,18,20,27H,4-8H2,1-3H3,(H,29,34)(H,28,30,31)/t20-/m1/s1. The van der Waals surface area contributed by atoms with Gasteiger partial charge in [-0.3, -0.25) is 9.59 Å². The number of rotatable bonds is 7. The molecular formula is C26H31N7O3. The van der Waals surface area contributed by atoms with Gasteiger partial charge in [0.1, 0.15) is 17.5 Å². The molecule has 5 rings (SSSR count). The number of hydrogen-bond donors (Lipinski definition) is 3. The van der Waals surface area contributed by atoms with Gasteiger partial charge in [0.25, 0.3) is 5.91 Å². The minimum Gasteiger partial charge on any atom is -0.495 e. The van der Waals surface area contributed by atoms with Crippen molar-refractivity contribution in [2.45, 2.75) is 51.1 Å². The molecule has 1 atom stereocenters. The topological polar surface area (TPSA) is 115 Å². The predicted octanol–water partition coefficient (Wildman–Crippen LogP) is 4.31. The number of carbonyl (C=O) groups is 2. The number of amides is 2. The predicted molar refractivity (Wildman–Crippen MR) is 139 cm³/mol. The number of fused-ring (bicyclic) bond motifs is 1. The number of H-pyrrole nitrogens is 1. The van der Waals surface area contributed by atoms with E-state index in [0.717, 1.165) is 31.5 Å². The molecule has 0 radical (unpaired) electrons. The van der Waals surface area contributed by atoms with Crippen molar-refractivity contribution in [1.29, 1.82) is 0 Å². The Morgan fingerprint density at radius 2 is 2.06 bits per heavy atom. The van der Waals surface area contributed by atoms with Gasteiger partial charge in [-0.15, -0.1) is 0 Å². The number of hydrogen-bond acceptors (Lipinski definition) is 7. The van der Waals surface area contributed by atoms with Gasteiger partial charge in [-0.1, -0.05) is 19.8 Å². The summed E-state index contributed by atoms with van der Waals surface area (Å²) in [6.45, 7) is 2.04. The van der Waals surface area contributed by atoms with E-state index in [0.29, 0.717) is 46.8 Å². The summed E-state index contributed by atoms with van der Waals surface area (Å²) in [5.41, 5.74) is 2.49. The van der Waals surface area contributed by atoms with E-state index in [4.69, 9.17) is 9.72 Å². The molecule has 0 saturated heterocycles.